The molecule has 1 heteroatoms. The minimum Gasteiger partial charge on any atom is -0.107 e. The largest absolute Gasteiger partial charge is 0.107 e. The van der Waals surface area contributed by atoms with Gasteiger partial charge in [0.25, 0.3) is 0 Å². The lowest BCUT2D eigenvalue weighted by molar-refractivity contribution is 0.922. The second kappa shape index (κ2) is 5.71. The van der Waals surface area contributed by atoms with Crippen LogP contribution in [0.4, 0.5) is 0 Å². The molecule has 0 aliphatic rings. The molecule has 0 spiro atoms. The molecule has 0 nitrogen and oxygen atoms in total. The molecular formula is C9H13I. The monoisotopic (exact) mass is 248 g/mol. The predicted octanol–water partition coefficient (Wildman–Crippen LogP) is 3.26. The van der Waals surface area contributed by atoms with Gasteiger partial charge in [0.1, 0.15) is 0 Å². The Bertz CT molecular complexity index is 158. The molecule has 0 amide bonds. The summed E-state index contributed by atoms with van der Waals surface area (Å²) >= 11 is 0. The molecule has 10 heavy (non-hydrogen) atoms. The van der Waals surface area contributed by atoms with Gasteiger partial charge in [0.05, 0.1) is 0 Å². The number of hydrogen-bond donors (Lipinski definition) is 0. The van der Waals surface area contributed by atoms with Gasteiger partial charge in [0, 0.05) is 0 Å². The molecule has 1 rings (SSSR count). The van der Waals surface area contributed by atoms with Crippen LogP contribution in [0.25, 0.3) is 0 Å². The van der Waals surface area contributed by atoms with Crippen molar-refractivity contribution < 1.29 is 0 Å². The van der Waals surface area contributed by atoms with E-state index in [2.05, 4.69) is 37.3 Å². The van der Waals surface area contributed by atoms with Crippen LogP contribution in [0.2, 0.25) is 0 Å². The van der Waals surface area contributed by atoms with Crippen LogP contribution >= 0.6 is 24.0 Å². The summed E-state index contributed by atoms with van der Waals surface area (Å²) < 4.78 is 0. The summed E-state index contributed by atoms with van der Waals surface area (Å²) in [6.45, 7) is 2.20. The van der Waals surface area contributed by atoms with E-state index in [0.29, 0.717) is 0 Å². The zero-order valence-corrected chi connectivity index (χ0v) is 8.54. The van der Waals surface area contributed by atoms with Gasteiger partial charge in [-0.15, -0.1) is 24.0 Å². The van der Waals surface area contributed by atoms with Gasteiger partial charge in [-0.05, 0) is 12.0 Å². The standard InChI is InChI=1S/C9H12.HI/c1-2-6-9-7-4-3-5-8-9;/h3-5,7-8H,2,6H2,1H3;1H. The molecular weight excluding hydrogens is 235 g/mol. The Labute approximate surface area is 79.7 Å². The first kappa shape index (κ1) is 9.95. The van der Waals surface area contributed by atoms with Crippen LogP contribution in [0, 0.1) is 0 Å². The Kier molecular flexibility index (Phi) is 5.69. The Hall–Kier alpha value is -0.0500. The van der Waals surface area contributed by atoms with E-state index in [4.69, 9.17) is 0 Å². The highest BCUT2D eigenvalue weighted by molar-refractivity contribution is 14.0. The van der Waals surface area contributed by atoms with Crippen LogP contribution in [0.1, 0.15) is 18.9 Å². The molecule has 0 fully saturated rings. The number of hydrogen-bond acceptors (Lipinski definition) is 0. The van der Waals surface area contributed by atoms with Gasteiger partial charge >= 0.3 is 0 Å². The lowest BCUT2D eigenvalue weighted by Gasteiger charge is -1.93. The second-order valence-corrected chi connectivity index (χ2v) is 2.24. The minimum atomic E-state index is 0. The Balaban J connectivity index is 0.000000810. The van der Waals surface area contributed by atoms with E-state index in [1.54, 1.807) is 0 Å². The fourth-order valence-corrected chi connectivity index (χ4v) is 0.933. The fourth-order valence-electron chi connectivity index (χ4n) is 0.933. The quantitative estimate of drug-likeness (QED) is 0.704. The van der Waals surface area contributed by atoms with Crippen molar-refractivity contribution in [3.63, 3.8) is 0 Å². The van der Waals surface area contributed by atoms with Crippen LogP contribution in [0.3, 0.4) is 0 Å². The van der Waals surface area contributed by atoms with E-state index in [9.17, 15) is 0 Å². The molecule has 0 saturated heterocycles. The maximum Gasteiger partial charge on any atom is -0.0281 e. The van der Waals surface area contributed by atoms with E-state index in [1.165, 1.54) is 18.4 Å². The van der Waals surface area contributed by atoms with Crippen molar-refractivity contribution in [1.82, 2.24) is 0 Å². The van der Waals surface area contributed by atoms with Crippen molar-refractivity contribution >= 4 is 24.0 Å². The molecule has 56 valence electrons. The lowest BCUT2D eigenvalue weighted by Crippen LogP contribution is -1.78. The molecule has 0 N–H and O–H groups in total. The normalized spacial score (nSPS) is 8.50. The van der Waals surface area contributed by atoms with Crippen molar-refractivity contribution in [2.75, 3.05) is 0 Å². The van der Waals surface area contributed by atoms with E-state index < -0.39 is 0 Å². The van der Waals surface area contributed by atoms with Gasteiger partial charge in [0.2, 0.25) is 0 Å². The van der Waals surface area contributed by atoms with Gasteiger partial charge in [0.15, 0.2) is 0 Å². The highest BCUT2D eigenvalue weighted by Gasteiger charge is 1.84. The van der Waals surface area contributed by atoms with Crippen LogP contribution < -0.4 is 0 Å². The molecule has 1 aromatic carbocycles. The van der Waals surface area contributed by atoms with Gasteiger partial charge in [-0.25, -0.2) is 0 Å². The van der Waals surface area contributed by atoms with E-state index in [1.807, 2.05) is 0 Å². The van der Waals surface area contributed by atoms with Gasteiger partial charge in [-0.1, -0.05) is 43.7 Å². The highest BCUT2D eigenvalue weighted by atomic mass is 127. The summed E-state index contributed by atoms with van der Waals surface area (Å²) in [6, 6.07) is 10.6. The van der Waals surface area contributed by atoms with Crippen LogP contribution in [-0.2, 0) is 6.42 Å². The van der Waals surface area contributed by atoms with E-state index in [-0.39, 0.29) is 24.0 Å². The Morgan fingerprint density at radius 1 is 1.10 bits per heavy atom. The molecule has 1 aromatic rings. The highest BCUT2D eigenvalue weighted by Crippen LogP contribution is 2.00. The zero-order chi connectivity index (χ0) is 6.53. The van der Waals surface area contributed by atoms with Crippen molar-refractivity contribution in [2.24, 2.45) is 0 Å². The third kappa shape index (κ3) is 3.20. The number of rotatable bonds is 2. The molecule has 0 aromatic heterocycles. The summed E-state index contributed by atoms with van der Waals surface area (Å²) in [4.78, 5) is 0. The lowest BCUT2D eigenvalue weighted by atomic mass is 10.1. The third-order valence-corrected chi connectivity index (χ3v) is 1.38. The minimum absolute atomic E-state index is 0. The molecule has 0 aliphatic heterocycles. The molecule has 0 heterocycles. The average Bonchev–Trinajstić information content (AvgIpc) is 1.91. The van der Waals surface area contributed by atoms with Crippen LogP contribution in [0.5, 0.6) is 0 Å². The summed E-state index contributed by atoms with van der Waals surface area (Å²) in [6.07, 6.45) is 2.45. The fraction of sp³-hybridized carbons (Fsp3) is 0.333. The van der Waals surface area contributed by atoms with E-state index >= 15 is 0 Å². The Morgan fingerprint density at radius 3 is 2.20 bits per heavy atom. The van der Waals surface area contributed by atoms with Gasteiger partial charge < -0.3 is 0 Å². The van der Waals surface area contributed by atoms with Gasteiger partial charge in [-0.2, -0.15) is 0 Å². The summed E-state index contributed by atoms with van der Waals surface area (Å²) in [5, 5.41) is 0. The molecule has 0 saturated carbocycles. The molecule has 0 radical (unpaired) electrons. The summed E-state index contributed by atoms with van der Waals surface area (Å²) in [5.74, 6) is 0. The second-order valence-electron chi connectivity index (χ2n) is 2.24. The average molecular weight is 248 g/mol. The number of halogens is 1. The summed E-state index contributed by atoms with van der Waals surface area (Å²) in [5.41, 5.74) is 1.44. The third-order valence-electron chi connectivity index (χ3n) is 1.38. The van der Waals surface area contributed by atoms with Crippen molar-refractivity contribution in [1.29, 1.82) is 0 Å². The van der Waals surface area contributed by atoms with Crippen molar-refractivity contribution in [3.8, 4) is 0 Å². The molecule has 0 aliphatic carbocycles. The smallest absolute Gasteiger partial charge is 0.0281 e. The maximum absolute atomic E-state index is 2.20. The first-order valence-corrected chi connectivity index (χ1v) is 3.47. The molecule has 0 atom stereocenters. The predicted molar refractivity (Wildman–Crippen MR) is 55.9 cm³/mol. The molecule has 0 unspecified atom stereocenters. The van der Waals surface area contributed by atoms with Crippen molar-refractivity contribution in [2.45, 2.75) is 19.8 Å². The first-order valence-electron chi connectivity index (χ1n) is 3.47. The Morgan fingerprint density at radius 2 is 1.70 bits per heavy atom. The number of benzene rings is 1. The van der Waals surface area contributed by atoms with Crippen molar-refractivity contribution in [3.05, 3.63) is 35.9 Å². The first-order chi connectivity index (χ1) is 4.43. The van der Waals surface area contributed by atoms with Gasteiger partial charge in [-0.3, -0.25) is 0 Å². The zero-order valence-electron chi connectivity index (χ0n) is 6.21. The van der Waals surface area contributed by atoms with Crippen LogP contribution in [-0.4, -0.2) is 0 Å². The van der Waals surface area contributed by atoms with Crippen LogP contribution in [0.15, 0.2) is 30.3 Å². The molecule has 0 bridgehead atoms. The van der Waals surface area contributed by atoms with E-state index in [0.717, 1.165) is 0 Å². The maximum atomic E-state index is 2.20. The SMILES string of the molecule is CCCc1ccccc1.I. The summed E-state index contributed by atoms with van der Waals surface area (Å²) in [7, 11) is 0. The number of aryl methyl sites for hydroxylation is 1. The topological polar surface area (TPSA) is 0 Å².